The number of hydrogen-bond donors (Lipinski definition) is 1. The summed E-state index contributed by atoms with van der Waals surface area (Å²) in [7, 11) is 5.57. The molecule has 2 rings (SSSR count). The molecule has 2 heterocycles. The van der Waals surface area contributed by atoms with E-state index < -0.39 is 0 Å². The number of aromatic nitrogens is 2. The zero-order valence-electron chi connectivity index (χ0n) is 12.2. The molecule has 1 atom stereocenters. The highest BCUT2D eigenvalue weighted by molar-refractivity contribution is 5.81. The average molecular weight is 265 g/mol. The van der Waals surface area contributed by atoms with E-state index in [1.807, 2.05) is 32.7 Å². The molecular formula is C13H23N5O. The van der Waals surface area contributed by atoms with Crippen LogP contribution in [-0.4, -0.2) is 65.3 Å². The summed E-state index contributed by atoms with van der Waals surface area (Å²) in [4.78, 5) is 16.1. The van der Waals surface area contributed by atoms with E-state index in [1.165, 1.54) is 0 Å². The van der Waals surface area contributed by atoms with E-state index in [-0.39, 0.29) is 11.9 Å². The second-order valence-corrected chi connectivity index (χ2v) is 5.32. The first-order chi connectivity index (χ1) is 8.99. The zero-order valence-corrected chi connectivity index (χ0v) is 12.2. The molecule has 0 saturated carbocycles. The molecule has 1 aromatic rings. The summed E-state index contributed by atoms with van der Waals surface area (Å²) < 4.78 is 1.90. The van der Waals surface area contributed by atoms with Gasteiger partial charge >= 0.3 is 0 Å². The number of aryl methyl sites for hydroxylation is 2. The number of amides is 1. The Morgan fingerprint density at radius 3 is 2.89 bits per heavy atom. The molecule has 0 spiro atoms. The maximum Gasteiger partial charge on any atom is 0.240 e. The van der Waals surface area contributed by atoms with Gasteiger partial charge in [-0.2, -0.15) is 5.10 Å². The Kier molecular flexibility index (Phi) is 4.21. The van der Waals surface area contributed by atoms with Crippen LogP contribution in [-0.2, 0) is 18.4 Å². The summed E-state index contributed by atoms with van der Waals surface area (Å²) in [6, 6.07) is 2.00. The molecule has 0 aliphatic carbocycles. The number of likely N-dealkylation sites (N-methyl/N-ethyl adjacent to an activating group) is 1. The van der Waals surface area contributed by atoms with Crippen LogP contribution < -0.4 is 5.32 Å². The lowest BCUT2D eigenvalue weighted by Crippen LogP contribution is -2.57. The first-order valence-corrected chi connectivity index (χ1v) is 6.64. The molecule has 1 aromatic heterocycles. The number of hydrogen-bond acceptors (Lipinski definition) is 4. The van der Waals surface area contributed by atoms with Gasteiger partial charge in [0.1, 0.15) is 6.04 Å². The van der Waals surface area contributed by atoms with Crippen molar-refractivity contribution >= 4 is 5.91 Å². The predicted octanol–water partition coefficient (Wildman–Crippen LogP) is -0.409. The smallest absolute Gasteiger partial charge is 0.240 e. The van der Waals surface area contributed by atoms with E-state index in [1.54, 1.807) is 4.90 Å². The maximum atomic E-state index is 12.2. The van der Waals surface area contributed by atoms with Gasteiger partial charge in [0.2, 0.25) is 5.91 Å². The van der Waals surface area contributed by atoms with Gasteiger partial charge < -0.3 is 10.2 Å². The van der Waals surface area contributed by atoms with Crippen molar-refractivity contribution in [3.8, 4) is 0 Å². The molecule has 0 aromatic carbocycles. The summed E-state index contributed by atoms with van der Waals surface area (Å²) >= 11 is 0. The van der Waals surface area contributed by atoms with Gasteiger partial charge in [0.05, 0.1) is 11.4 Å². The van der Waals surface area contributed by atoms with Crippen LogP contribution in [0.5, 0.6) is 0 Å². The molecule has 1 unspecified atom stereocenters. The Balaban J connectivity index is 2.12. The van der Waals surface area contributed by atoms with Gasteiger partial charge in [0.15, 0.2) is 0 Å². The van der Waals surface area contributed by atoms with Gasteiger partial charge in [-0.1, -0.05) is 0 Å². The molecule has 106 valence electrons. The predicted molar refractivity (Wildman–Crippen MR) is 73.7 cm³/mol. The third-order valence-corrected chi connectivity index (χ3v) is 3.54. The SMILES string of the molecule is Cc1cc(CN2CCNCC2C(=O)N(C)C)n(C)n1. The second-order valence-electron chi connectivity index (χ2n) is 5.32. The Labute approximate surface area is 114 Å². The number of piperazine rings is 1. The van der Waals surface area contributed by atoms with Crippen molar-refractivity contribution in [3.63, 3.8) is 0 Å². The van der Waals surface area contributed by atoms with Crippen molar-refractivity contribution in [3.05, 3.63) is 17.5 Å². The molecule has 19 heavy (non-hydrogen) atoms. The number of nitrogens with zero attached hydrogens (tertiary/aromatic N) is 4. The molecular weight excluding hydrogens is 242 g/mol. The highest BCUT2D eigenvalue weighted by Crippen LogP contribution is 2.12. The Hall–Kier alpha value is -1.40. The summed E-state index contributed by atoms with van der Waals surface area (Å²) in [6.07, 6.45) is 0. The maximum absolute atomic E-state index is 12.2. The summed E-state index contributed by atoms with van der Waals surface area (Å²) in [5.74, 6) is 0.158. The lowest BCUT2D eigenvalue weighted by atomic mass is 10.1. The van der Waals surface area contributed by atoms with E-state index in [0.717, 1.165) is 31.0 Å². The number of rotatable bonds is 3. The first-order valence-electron chi connectivity index (χ1n) is 6.64. The fraction of sp³-hybridized carbons (Fsp3) is 0.692. The van der Waals surface area contributed by atoms with Crippen molar-refractivity contribution in [1.82, 2.24) is 24.9 Å². The van der Waals surface area contributed by atoms with Crippen molar-refractivity contribution in [2.75, 3.05) is 33.7 Å². The van der Waals surface area contributed by atoms with Crippen LogP contribution in [0.1, 0.15) is 11.4 Å². The van der Waals surface area contributed by atoms with Crippen LogP contribution >= 0.6 is 0 Å². The van der Waals surface area contributed by atoms with Crippen molar-refractivity contribution in [2.24, 2.45) is 7.05 Å². The Morgan fingerprint density at radius 1 is 1.58 bits per heavy atom. The topological polar surface area (TPSA) is 53.4 Å². The minimum Gasteiger partial charge on any atom is -0.347 e. The molecule has 6 nitrogen and oxygen atoms in total. The van der Waals surface area contributed by atoms with E-state index in [4.69, 9.17) is 0 Å². The van der Waals surface area contributed by atoms with Crippen LogP contribution in [0.25, 0.3) is 0 Å². The largest absolute Gasteiger partial charge is 0.347 e. The van der Waals surface area contributed by atoms with Gasteiger partial charge in [-0.15, -0.1) is 0 Å². The van der Waals surface area contributed by atoms with Gasteiger partial charge in [0.25, 0.3) is 0 Å². The average Bonchev–Trinajstić information content (AvgIpc) is 2.67. The van der Waals surface area contributed by atoms with Crippen LogP contribution in [0.4, 0.5) is 0 Å². The van der Waals surface area contributed by atoms with E-state index in [2.05, 4.69) is 21.4 Å². The molecule has 0 bridgehead atoms. The van der Waals surface area contributed by atoms with E-state index in [9.17, 15) is 4.79 Å². The third-order valence-electron chi connectivity index (χ3n) is 3.54. The van der Waals surface area contributed by atoms with Gasteiger partial charge in [-0.05, 0) is 13.0 Å². The fourth-order valence-electron chi connectivity index (χ4n) is 2.50. The monoisotopic (exact) mass is 265 g/mol. The standard InChI is InChI=1S/C13H23N5O/c1-10-7-11(17(4)15-10)9-18-6-5-14-8-12(18)13(19)16(2)3/h7,12,14H,5-6,8-9H2,1-4H3. The van der Waals surface area contributed by atoms with Crippen LogP contribution in [0, 0.1) is 6.92 Å². The Bertz CT molecular complexity index is 454. The van der Waals surface area contributed by atoms with Crippen LogP contribution in [0.2, 0.25) is 0 Å². The molecule has 6 heteroatoms. The van der Waals surface area contributed by atoms with Crippen LogP contribution in [0.3, 0.4) is 0 Å². The zero-order chi connectivity index (χ0) is 14.0. The van der Waals surface area contributed by atoms with Crippen molar-refractivity contribution < 1.29 is 4.79 Å². The number of nitrogens with one attached hydrogen (secondary N) is 1. The lowest BCUT2D eigenvalue weighted by Gasteiger charge is -2.36. The van der Waals surface area contributed by atoms with Gasteiger partial charge in [0, 0.05) is 47.3 Å². The van der Waals surface area contributed by atoms with Crippen molar-refractivity contribution in [2.45, 2.75) is 19.5 Å². The lowest BCUT2D eigenvalue weighted by molar-refractivity contribution is -0.135. The molecule has 1 amide bonds. The quantitative estimate of drug-likeness (QED) is 0.807. The molecule has 0 radical (unpaired) electrons. The summed E-state index contributed by atoms with van der Waals surface area (Å²) in [5.41, 5.74) is 2.17. The number of carbonyl (C=O) groups excluding carboxylic acids is 1. The third kappa shape index (κ3) is 3.13. The molecule has 1 N–H and O–H groups in total. The van der Waals surface area contributed by atoms with Crippen LogP contribution in [0.15, 0.2) is 6.07 Å². The van der Waals surface area contributed by atoms with E-state index >= 15 is 0 Å². The van der Waals surface area contributed by atoms with Gasteiger partial charge in [-0.25, -0.2) is 0 Å². The fourth-order valence-corrected chi connectivity index (χ4v) is 2.50. The normalized spacial score (nSPS) is 20.5. The second kappa shape index (κ2) is 5.71. The molecule has 1 fully saturated rings. The summed E-state index contributed by atoms with van der Waals surface area (Å²) in [6.45, 7) is 5.28. The first kappa shape index (κ1) is 14.0. The van der Waals surface area contributed by atoms with E-state index in [0.29, 0.717) is 6.54 Å². The summed E-state index contributed by atoms with van der Waals surface area (Å²) in [5, 5.41) is 7.66. The number of carbonyl (C=O) groups is 1. The highest BCUT2D eigenvalue weighted by atomic mass is 16.2. The van der Waals surface area contributed by atoms with Gasteiger partial charge in [-0.3, -0.25) is 14.4 Å². The highest BCUT2D eigenvalue weighted by Gasteiger charge is 2.30. The van der Waals surface area contributed by atoms with Crippen molar-refractivity contribution in [1.29, 1.82) is 0 Å². The minimum atomic E-state index is -0.0843. The Morgan fingerprint density at radius 2 is 2.32 bits per heavy atom. The molecule has 1 saturated heterocycles. The molecule has 1 aliphatic rings. The minimum absolute atomic E-state index is 0.0843. The molecule has 1 aliphatic heterocycles.